The van der Waals surface area contributed by atoms with Gasteiger partial charge in [-0.05, 0) is 43.2 Å². The number of anilines is 1. The van der Waals surface area contributed by atoms with Crippen molar-refractivity contribution in [2.24, 2.45) is 0 Å². The number of rotatable bonds is 1. The molecule has 0 fully saturated rings. The van der Waals surface area contributed by atoms with Gasteiger partial charge in [0.1, 0.15) is 0 Å². The van der Waals surface area contributed by atoms with Crippen molar-refractivity contribution >= 4 is 40.0 Å². The van der Waals surface area contributed by atoms with Crippen molar-refractivity contribution < 1.29 is 9.59 Å². The summed E-state index contributed by atoms with van der Waals surface area (Å²) in [4.78, 5) is 27.1. The van der Waals surface area contributed by atoms with Crippen LogP contribution in [0.3, 0.4) is 0 Å². The lowest BCUT2D eigenvalue weighted by molar-refractivity contribution is 0.0941. The Morgan fingerprint density at radius 1 is 1.16 bits per heavy atom. The van der Waals surface area contributed by atoms with Gasteiger partial charge in [0.25, 0.3) is 5.91 Å². The van der Waals surface area contributed by atoms with E-state index in [0.717, 1.165) is 17.7 Å². The maximum Gasteiger partial charge on any atom is 0.260 e. The first-order chi connectivity index (χ1) is 12.0. The largest absolute Gasteiger partial charge is 0.305 e. The molecule has 2 heterocycles. The number of hydrogen-bond acceptors (Lipinski definition) is 2. The second-order valence-corrected chi connectivity index (χ2v) is 6.89. The average molecular weight is 353 g/mol. The minimum Gasteiger partial charge on any atom is -0.305 e. The zero-order valence-corrected chi connectivity index (χ0v) is 14.7. The summed E-state index contributed by atoms with van der Waals surface area (Å²) in [6.45, 7) is 3.52. The van der Waals surface area contributed by atoms with E-state index in [2.05, 4.69) is 6.07 Å². The predicted octanol–water partition coefficient (Wildman–Crippen LogP) is 4.55. The Bertz CT molecular complexity index is 1020. The molecule has 3 aromatic rings. The van der Waals surface area contributed by atoms with Crippen LogP contribution in [0.2, 0.25) is 5.02 Å². The molecule has 4 rings (SSSR count). The van der Waals surface area contributed by atoms with Crippen LogP contribution in [0.5, 0.6) is 0 Å². The van der Waals surface area contributed by atoms with Crippen molar-refractivity contribution in [2.45, 2.75) is 26.3 Å². The number of fused-ring (bicyclic) bond motifs is 2. The van der Waals surface area contributed by atoms with Gasteiger partial charge < -0.3 is 4.90 Å². The van der Waals surface area contributed by atoms with E-state index in [0.29, 0.717) is 21.5 Å². The number of para-hydroxylation sites is 1. The fourth-order valence-electron chi connectivity index (χ4n) is 3.64. The van der Waals surface area contributed by atoms with E-state index in [1.165, 1.54) is 11.5 Å². The molecular weight excluding hydrogens is 336 g/mol. The lowest BCUT2D eigenvalue weighted by Gasteiger charge is -2.22. The minimum atomic E-state index is -0.138. The van der Waals surface area contributed by atoms with Crippen LogP contribution >= 0.6 is 11.6 Å². The normalized spacial score (nSPS) is 16.3. The van der Waals surface area contributed by atoms with Gasteiger partial charge in [-0.15, -0.1) is 0 Å². The van der Waals surface area contributed by atoms with Crippen molar-refractivity contribution in [1.29, 1.82) is 0 Å². The van der Waals surface area contributed by atoms with Crippen LogP contribution in [0.1, 0.15) is 34.6 Å². The molecule has 1 aliphatic heterocycles. The van der Waals surface area contributed by atoms with Gasteiger partial charge in [0, 0.05) is 35.3 Å². The third-order valence-corrected chi connectivity index (χ3v) is 5.00. The fraction of sp³-hybridized carbons (Fsp3) is 0.200. The molecule has 5 heteroatoms. The molecule has 4 nitrogen and oxygen atoms in total. The highest BCUT2D eigenvalue weighted by Crippen LogP contribution is 2.35. The minimum absolute atomic E-state index is 0.0693. The van der Waals surface area contributed by atoms with Gasteiger partial charge in [-0.2, -0.15) is 0 Å². The number of benzene rings is 2. The molecule has 126 valence electrons. The smallest absolute Gasteiger partial charge is 0.260 e. The van der Waals surface area contributed by atoms with E-state index in [1.54, 1.807) is 24.4 Å². The van der Waals surface area contributed by atoms with Gasteiger partial charge in [-0.1, -0.05) is 29.8 Å². The average Bonchev–Trinajstić information content (AvgIpc) is 3.11. The quantitative estimate of drug-likeness (QED) is 0.645. The molecule has 1 unspecified atom stereocenters. The van der Waals surface area contributed by atoms with Crippen molar-refractivity contribution in [3.05, 3.63) is 64.8 Å². The van der Waals surface area contributed by atoms with E-state index >= 15 is 0 Å². The number of nitrogens with zero attached hydrogens (tertiary/aromatic N) is 2. The number of amides is 1. The zero-order valence-electron chi connectivity index (χ0n) is 14.0. The maximum atomic E-state index is 13.3. The molecule has 0 saturated carbocycles. The van der Waals surface area contributed by atoms with Gasteiger partial charge in [-0.25, -0.2) is 0 Å². The highest BCUT2D eigenvalue weighted by molar-refractivity contribution is 6.31. The molecule has 0 N–H and O–H groups in total. The monoisotopic (exact) mass is 352 g/mol. The number of hydrogen-bond donors (Lipinski definition) is 0. The highest BCUT2D eigenvalue weighted by atomic mass is 35.5. The fourth-order valence-corrected chi connectivity index (χ4v) is 3.81. The van der Waals surface area contributed by atoms with Crippen LogP contribution in [0.15, 0.2) is 48.7 Å². The Morgan fingerprint density at radius 2 is 1.92 bits per heavy atom. The Hall–Kier alpha value is -2.59. The van der Waals surface area contributed by atoms with Gasteiger partial charge >= 0.3 is 0 Å². The van der Waals surface area contributed by atoms with Crippen molar-refractivity contribution in [2.75, 3.05) is 4.90 Å². The van der Waals surface area contributed by atoms with E-state index in [-0.39, 0.29) is 17.9 Å². The third-order valence-electron chi connectivity index (χ3n) is 4.76. The standard InChI is InChI=1S/C20H17ClN2O2/c1-12-9-14-5-3-4-6-18(14)23(12)20(25)17-11-22(13(2)24)19-8-7-15(21)10-16(17)19/h3-8,10-12H,9H2,1-2H3. The Balaban J connectivity index is 1.89. The van der Waals surface area contributed by atoms with Gasteiger partial charge in [0.05, 0.1) is 11.1 Å². The summed E-state index contributed by atoms with van der Waals surface area (Å²) >= 11 is 6.13. The van der Waals surface area contributed by atoms with Crippen molar-refractivity contribution in [3.8, 4) is 0 Å². The molecule has 1 amide bonds. The van der Waals surface area contributed by atoms with Crippen LogP contribution in [0.25, 0.3) is 10.9 Å². The SMILES string of the molecule is CC(=O)n1cc(C(=O)N2c3ccccc3CC2C)c2cc(Cl)ccc21. The number of carbonyl (C=O) groups is 2. The Kier molecular flexibility index (Phi) is 3.65. The van der Waals surface area contributed by atoms with Crippen LogP contribution in [-0.4, -0.2) is 22.4 Å². The number of carbonyl (C=O) groups excluding carboxylic acids is 2. The maximum absolute atomic E-state index is 13.3. The van der Waals surface area contributed by atoms with Gasteiger partial charge in [0.15, 0.2) is 0 Å². The summed E-state index contributed by atoms with van der Waals surface area (Å²) in [6.07, 6.45) is 2.45. The summed E-state index contributed by atoms with van der Waals surface area (Å²) in [7, 11) is 0. The van der Waals surface area contributed by atoms with E-state index in [9.17, 15) is 9.59 Å². The Labute approximate surface area is 150 Å². The summed E-state index contributed by atoms with van der Waals surface area (Å²) in [6, 6.07) is 13.3. The zero-order chi connectivity index (χ0) is 17.7. The molecule has 0 saturated heterocycles. The number of halogens is 1. The van der Waals surface area contributed by atoms with Crippen LogP contribution in [-0.2, 0) is 6.42 Å². The molecule has 0 aliphatic carbocycles. The second-order valence-electron chi connectivity index (χ2n) is 6.45. The van der Waals surface area contributed by atoms with E-state index < -0.39 is 0 Å². The topological polar surface area (TPSA) is 42.3 Å². The number of aromatic nitrogens is 1. The molecule has 1 aromatic heterocycles. The first-order valence-corrected chi connectivity index (χ1v) is 8.58. The molecular formula is C20H17ClN2O2. The summed E-state index contributed by atoms with van der Waals surface area (Å²) < 4.78 is 1.51. The molecule has 0 bridgehead atoms. The summed E-state index contributed by atoms with van der Waals surface area (Å²) in [5.41, 5.74) is 3.29. The molecule has 0 spiro atoms. The van der Waals surface area contributed by atoms with Crippen LogP contribution < -0.4 is 4.90 Å². The van der Waals surface area contributed by atoms with E-state index in [4.69, 9.17) is 11.6 Å². The molecule has 25 heavy (non-hydrogen) atoms. The third kappa shape index (κ3) is 2.45. The predicted molar refractivity (Wildman–Crippen MR) is 99.7 cm³/mol. The highest BCUT2D eigenvalue weighted by Gasteiger charge is 2.32. The Morgan fingerprint density at radius 3 is 2.68 bits per heavy atom. The first kappa shape index (κ1) is 15.9. The van der Waals surface area contributed by atoms with Gasteiger partial charge in [0.2, 0.25) is 5.91 Å². The van der Waals surface area contributed by atoms with E-state index in [1.807, 2.05) is 30.0 Å². The lowest BCUT2D eigenvalue weighted by atomic mass is 10.1. The van der Waals surface area contributed by atoms with Crippen LogP contribution in [0.4, 0.5) is 5.69 Å². The molecule has 0 radical (unpaired) electrons. The van der Waals surface area contributed by atoms with Crippen molar-refractivity contribution in [1.82, 2.24) is 4.57 Å². The molecule has 2 aromatic carbocycles. The molecule has 1 atom stereocenters. The summed E-state index contributed by atoms with van der Waals surface area (Å²) in [5, 5.41) is 1.24. The molecule has 1 aliphatic rings. The van der Waals surface area contributed by atoms with Crippen LogP contribution in [0, 0.1) is 0 Å². The summed E-state index contributed by atoms with van der Waals surface area (Å²) in [5.74, 6) is -0.244. The van der Waals surface area contributed by atoms with Gasteiger partial charge in [-0.3, -0.25) is 14.2 Å². The second kappa shape index (κ2) is 5.74. The van der Waals surface area contributed by atoms with Crippen molar-refractivity contribution in [3.63, 3.8) is 0 Å². The first-order valence-electron chi connectivity index (χ1n) is 8.20. The lowest BCUT2D eigenvalue weighted by Crippen LogP contribution is -2.35.